The van der Waals surface area contributed by atoms with Crippen LogP contribution >= 0.6 is 0 Å². The molecule has 1 heterocycles. The molecule has 21 heavy (non-hydrogen) atoms. The number of hydrogen-bond donors (Lipinski definition) is 2. The molecule has 1 aromatic rings. The zero-order valence-corrected chi connectivity index (χ0v) is 13.1. The van der Waals surface area contributed by atoms with Gasteiger partial charge in [-0.3, -0.25) is 9.48 Å². The molecule has 0 spiro atoms. The maximum absolute atomic E-state index is 12.2. The third kappa shape index (κ3) is 5.85. The fraction of sp³-hybridized carbons (Fsp3) is 0.643. The van der Waals surface area contributed by atoms with E-state index in [1.54, 1.807) is 10.9 Å². The molecule has 1 aromatic heterocycles. The van der Waals surface area contributed by atoms with Crippen molar-refractivity contribution in [3.8, 4) is 0 Å². The van der Waals surface area contributed by atoms with Crippen LogP contribution in [0, 0.1) is 6.92 Å². The van der Waals surface area contributed by atoms with Crippen molar-refractivity contribution in [2.24, 2.45) is 0 Å². The van der Waals surface area contributed by atoms with E-state index in [9.17, 15) is 9.59 Å². The normalized spacial score (nSPS) is 11.2. The summed E-state index contributed by atoms with van der Waals surface area (Å²) in [5, 5.41) is 15.7. The molecule has 0 saturated carbocycles. The molecule has 1 rings (SSSR count). The van der Waals surface area contributed by atoms with E-state index in [1.165, 1.54) is 4.90 Å². The SMILES string of the molecule is Cc1cnn(CCNC(=O)N(CCC(=O)O)C(C)(C)C)c1. The van der Waals surface area contributed by atoms with Gasteiger partial charge >= 0.3 is 12.0 Å². The van der Waals surface area contributed by atoms with Crippen molar-refractivity contribution in [3.05, 3.63) is 18.0 Å². The highest BCUT2D eigenvalue weighted by Crippen LogP contribution is 2.13. The first kappa shape index (κ1) is 17.0. The lowest BCUT2D eigenvalue weighted by Gasteiger charge is -2.35. The lowest BCUT2D eigenvalue weighted by molar-refractivity contribution is -0.137. The van der Waals surface area contributed by atoms with Gasteiger partial charge < -0.3 is 15.3 Å². The molecular formula is C14H24N4O3. The number of nitrogens with zero attached hydrogens (tertiary/aromatic N) is 3. The summed E-state index contributed by atoms with van der Waals surface area (Å²) in [6, 6.07) is -0.257. The van der Waals surface area contributed by atoms with Crippen LogP contribution in [0.2, 0.25) is 0 Å². The number of hydrogen-bond acceptors (Lipinski definition) is 3. The molecule has 0 aromatic carbocycles. The minimum atomic E-state index is -0.913. The highest BCUT2D eigenvalue weighted by molar-refractivity contribution is 5.76. The van der Waals surface area contributed by atoms with E-state index in [-0.39, 0.29) is 19.0 Å². The Morgan fingerprint density at radius 3 is 2.57 bits per heavy atom. The number of carbonyl (C=O) groups is 2. The molecule has 7 heteroatoms. The number of aryl methyl sites for hydroxylation is 1. The summed E-state index contributed by atoms with van der Waals surface area (Å²) in [6.07, 6.45) is 3.59. The van der Waals surface area contributed by atoms with Crippen molar-refractivity contribution >= 4 is 12.0 Å². The Morgan fingerprint density at radius 2 is 2.10 bits per heavy atom. The summed E-state index contributed by atoms with van der Waals surface area (Å²) < 4.78 is 1.76. The number of carbonyl (C=O) groups excluding carboxylic acids is 1. The van der Waals surface area contributed by atoms with Crippen molar-refractivity contribution in [2.75, 3.05) is 13.1 Å². The summed E-state index contributed by atoms with van der Waals surface area (Å²) >= 11 is 0. The number of carboxylic acids is 1. The number of carboxylic acid groups (broad SMARTS) is 1. The van der Waals surface area contributed by atoms with Crippen molar-refractivity contribution in [1.29, 1.82) is 0 Å². The zero-order chi connectivity index (χ0) is 16.0. The predicted octanol–water partition coefficient (Wildman–Crippen LogP) is 1.48. The molecule has 118 valence electrons. The second kappa shape index (κ2) is 7.10. The van der Waals surface area contributed by atoms with Crippen LogP contribution in [0.5, 0.6) is 0 Å². The third-order valence-electron chi connectivity index (χ3n) is 2.98. The predicted molar refractivity (Wildman–Crippen MR) is 79.1 cm³/mol. The van der Waals surface area contributed by atoms with Crippen molar-refractivity contribution < 1.29 is 14.7 Å². The molecule has 2 N–H and O–H groups in total. The van der Waals surface area contributed by atoms with Crippen LogP contribution in [-0.2, 0) is 11.3 Å². The topological polar surface area (TPSA) is 87.5 Å². The monoisotopic (exact) mass is 296 g/mol. The number of aromatic nitrogens is 2. The molecule has 0 unspecified atom stereocenters. The molecule has 7 nitrogen and oxygen atoms in total. The highest BCUT2D eigenvalue weighted by Gasteiger charge is 2.26. The van der Waals surface area contributed by atoms with Gasteiger partial charge in [0.2, 0.25) is 0 Å². The van der Waals surface area contributed by atoms with Crippen LogP contribution < -0.4 is 5.32 Å². The zero-order valence-electron chi connectivity index (χ0n) is 13.1. The Morgan fingerprint density at radius 1 is 1.43 bits per heavy atom. The quantitative estimate of drug-likeness (QED) is 0.832. The molecule has 0 bridgehead atoms. The molecule has 0 aliphatic heterocycles. The standard InChI is InChI=1S/C14H24N4O3/c1-11-9-16-17(10-11)8-6-15-13(21)18(14(2,3)4)7-5-12(19)20/h9-10H,5-8H2,1-4H3,(H,15,21)(H,19,20). The van der Waals surface area contributed by atoms with Crippen molar-refractivity contribution in [3.63, 3.8) is 0 Å². The maximum Gasteiger partial charge on any atom is 0.317 e. The van der Waals surface area contributed by atoms with E-state index < -0.39 is 11.5 Å². The Kier molecular flexibility index (Phi) is 5.75. The van der Waals surface area contributed by atoms with E-state index in [4.69, 9.17) is 5.11 Å². The Labute approximate surface area is 124 Å². The number of nitrogens with one attached hydrogen (secondary N) is 1. The largest absolute Gasteiger partial charge is 0.481 e. The summed E-state index contributed by atoms with van der Waals surface area (Å²) in [5.41, 5.74) is 0.640. The van der Waals surface area contributed by atoms with E-state index in [0.29, 0.717) is 13.1 Å². The lowest BCUT2D eigenvalue weighted by atomic mass is 10.1. The van der Waals surface area contributed by atoms with Crippen LogP contribution in [0.25, 0.3) is 0 Å². The summed E-state index contributed by atoms with van der Waals surface area (Å²) in [5.74, 6) is -0.913. The molecule has 0 aliphatic rings. The molecule has 0 aliphatic carbocycles. The van der Waals surface area contributed by atoms with Gasteiger partial charge in [0.25, 0.3) is 0 Å². The molecule has 0 saturated heterocycles. The fourth-order valence-corrected chi connectivity index (χ4v) is 1.91. The maximum atomic E-state index is 12.2. The molecule has 0 atom stereocenters. The van der Waals surface area contributed by atoms with Crippen LogP contribution in [0.4, 0.5) is 4.79 Å². The first-order valence-electron chi connectivity index (χ1n) is 6.96. The highest BCUT2D eigenvalue weighted by atomic mass is 16.4. The second-order valence-corrected chi connectivity index (χ2v) is 5.98. The van der Waals surface area contributed by atoms with Crippen LogP contribution in [0.1, 0.15) is 32.8 Å². The summed E-state index contributed by atoms with van der Waals surface area (Å²) in [7, 11) is 0. The van der Waals surface area contributed by atoms with E-state index in [1.807, 2.05) is 33.9 Å². The number of aliphatic carboxylic acids is 1. The van der Waals surface area contributed by atoms with Crippen LogP contribution in [0.3, 0.4) is 0 Å². The third-order valence-corrected chi connectivity index (χ3v) is 2.98. The van der Waals surface area contributed by atoms with Gasteiger partial charge in [0.1, 0.15) is 0 Å². The van der Waals surface area contributed by atoms with Gasteiger partial charge in [-0.05, 0) is 33.3 Å². The van der Waals surface area contributed by atoms with Crippen molar-refractivity contribution in [1.82, 2.24) is 20.0 Å². The Balaban J connectivity index is 2.50. The fourth-order valence-electron chi connectivity index (χ4n) is 1.91. The lowest BCUT2D eigenvalue weighted by Crippen LogP contribution is -2.51. The van der Waals surface area contributed by atoms with E-state index >= 15 is 0 Å². The number of urea groups is 1. The smallest absolute Gasteiger partial charge is 0.317 e. The van der Waals surface area contributed by atoms with Gasteiger partial charge in [-0.25, -0.2) is 4.79 Å². The average molecular weight is 296 g/mol. The summed E-state index contributed by atoms with van der Waals surface area (Å²) in [4.78, 5) is 24.4. The van der Waals surface area contributed by atoms with Gasteiger partial charge in [-0.2, -0.15) is 5.10 Å². The van der Waals surface area contributed by atoms with Gasteiger partial charge in [0, 0.05) is 24.8 Å². The first-order chi connectivity index (χ1) is 9.70. The van der Waals surface area contributed by atoms with E-state index in [0.717, 1.165) is 5.56 Å². The Bertz CT molecular complexity index is 491. The summed E-state index contributed by atoms with van der Waals surface area (Å²) in [6.45, 7) is 8.80. The first-order valence-corrected chi connectivity index (χ1v) is 6.96. The molecule has 2 amide bonds. The minimum absolute atomic E-state index is 0.0664. The average Bonchev–Trinajstić information content (AvgIpc) is 2.73. The van der Waals surface area contributed by atoms with Gasteiger partial charge in [-0.15, -0.1) is 0 Å². The van der Waals surface area contributed by atoms with Crippen molar-refractivity contribution in [2.45, 2.75) is 46.2 Å². The van der Waals surface area contributed by atoms with Crippen LogP contribution in [0.15, 0.2) is 12.4 Å². The van der Waals surface area contributed by atoms with Gasteiger partial charge in [0.05, 0.1) is 19.2 Å². The minimum Gasteiger partial charge on any atom is -0.481 e. The number of amides is 2. The van der Waals surface area contributed by atoms with Gasteiger partial charge in [0.15, 0.2) is 0 Å². The molecule has 0 fully saturated rings. The molecule has 0 radical (unpaired) electrons. The Hall–Kier alpha value is -2.05. The molecular weight excluding hydrogens is 272 g/mol. The second-order valence-electron chi connectivity index (χ2n) is 5.98. The van der Waals surface area contributed by atoms with Gasteiger partial charge in [-0.1, -0.05) is 0 Å². The van der Waals surface area contributed by atoms with Crippen LogP contribution in [-0.4, -0.2) is 50.4 Å². The van der Waals surface area contributed by atoms with E-state index in [2.05, 4.69) is 10.4 Å². The number of rotatable bonds is 6.